The molecule has 1 aromatic heterocycles. The summed E-state index contributed by atoms with van der Waals surface area (Å²) in [6.07, 6.45) is 0. The summed E-state index contributed by atoms with van der Waals surface area (Å²) in [7, 11) is 0. The van der Waals surface area contributed by atoms with Crippen LogP contribution in [0.1, 0.15) is 22.6 Å². The molecule has 0 spiro atoms. The first-order valence-corrected chi connectivity index (χ1v) is 8.28. The van der Waals surface area contributed by atoms with E-state index in [0.29, 0.717) is 24.1 Å². The van der Waals surface area contributed by atoms with Crippen molar-refractivity contribution >= 4 is 33.4 Å². The molecule has 0 aliphatic heterocycles. The minimum absolute atomic E-state index is 0.185. The zero-order valence-corrected chi connectivity index (χ0v) is 14.2. The molecule has 2 nitrogen and oxygen atoms in total. The van der Waals surface area contributed by atoms with Gasteiger partial charge in [-0.05, 0) is 59.1 Å². The first-order valence-electron chi connectivity index (χ1n) is 6.43. The van der Waals surface area contributed by atoms with Gasteiger partial charge in [0.05, 0.1) is 18.0 Å². The van der Waals surface area contributed by atoms with Crippen molar-refractivity contribution in [2.24, 2.45) is 0 Å². The van der Waals surface area contributed by atoms with Crippen LogP contribution in [0.15, 0.2) is 33.2 Å². The highest BCUT2D eigenvalue weighted by Crippen LogP contribution is 2.28. The molecule has 0 radical (unpaired) electrons. The van der Waals surface area contributed by atoms with Crippen LogP contribution in [-0.4, -0.2) is 5.76 Å². The predicted octanol–water partition coefficient (Wildman–Crippen LogP) is 5.73. The van der Waals surface area contributed by atoms with Gasteiger partial charge in [-0.2, -0.15) is 8.78 Å². The molecule has 0 aliphatic rings. The smallest absolute Gasteiger partial charge is 0.284 e. The Morgan fingerprint density at radius 2 is 1.95 bits per heavy atom. The topological polar surface area (TPSA) is 25.2 Å². The van der Waals surface area contributed by atoms with Gasteiger partial charge in [0.25, 0.3) is 5.76 Å². The zero-order valence-electron chi connectivity index (χ0n) is 11.8. The van der Waals surface area contributed by atoms with E-state index in [0.717, 1.165) is 21.5 Å². The number of nitrogens with one attached hydrogen (secondary N) is 1. The average Bonchev–Trinajstić information content (AvgIpc) is 2.83. The molecule has 21 heavy (non-hydrogen) atoms. The molecule has 0 atom stereocenters. The second-order valence-corrected chi connectivity index (χ2v) is 6.56. The van der Waals surface area contributed by atoms with Crippen molar-refractivity contribution in [2.45, 2.75) is 31.9 Å². The summed E-state index contributed by atoms with van der Waals surface area (Å²) in [5.74, 6) is -0.892. The van der Waals surface area contributed by atoms with Crippen LogP contribution >= 0.6 is 27.7 Å². The molecule has 1 heterocycles. The van der Waals surface area contributed by atoms with E-state index in [1.165, 1.54) is 5.56 Å². The Morgan fingerprint density at radius 1 is 1.24 bits per heavy atom. The highest BCUT2D eigenvalue weighted by atomic mass is 79.9. The number of anilines is 1. The molecule has 2 rings (SSSR count). The Bertz CT molecular complexity index is 592. The third kappa shape index (κ3) is 4.74. The summed E-state index contributed by atoms with van der Waals surface area (Å²) >= 11 is 4.10. The molecular weight excluding hydrogens is 360 g/mol. The van der Waals surface area contributed by atoms with Crippen molar-refractivity contribution in [2.75, 3.05) is 5.32 Å². The molecule has 0 bridgehead atoms. The second-order valence-electron chi connectivity index (χ2n) is 4.73. The molecule has 0 saturated heterocycles. The van der Waals surface area contributed by atoms with Crippen LogP contribution in [0.4, 0.5) is 14.5 Å². The summed E-state index contributed by atoms with van der Waals surface area (Å²) in [4.78, 5) is 0. The molecule has 1 aromatic carbocycles. The van der Waals surface area contributed by atoms with Crippen LogP contribution in [0.5, 0.6) is 0 Å². The number of halogens is 3. The highest BCUT2D eigenvalue weighted by Gasteiger charge is 2.09. The van der Waals surface area contributed by atoms with Crippen molar-refractivity contribution in [3.8, 4) is 0 Å². The van der Waals surface area contributed by atoms with Crippen LogP contribution in [0.3, 0.4) is 0 Å². The Balaban J connectivity index is 1.97. The number of benzene rings is 1. The normalized spacial score (nSPS) is 11.1. The number of thioether (sulfide) groups is 1. The van der Waals surface area contributed by atoms with Crippen LogP contribution in [-0.2, 0) is 12.3 Å². The first-order chi connectivity index (χ1) is 9.95. The largest absolute Gasteiger partial charge is 0.463 e. The van der Waals surface area contributed by atoms with Gasteiger partial charge >= 0.3 is 0 Å². The Hall–Kier alpha value is -1.01. The van der Waals surface area contributed by atoms with Gasteiger partial charge in [-0.1, -0.05) is 17.8 Å². The second kappa shape index (κ2) is 7.31. The number of rotatable bonds is 6. The van der Waals surface area contributed by atoms with E-state index >= 15 is 0 Å². The van der Waals surface area contributed by atoms with E-state index in [2.05, 4.69) is 27.3 Å². The van der Waals surface area contributed by atoms with Crippen LogP contribution < -0.4 is 5.32 Å². The first kappa shape index (κ1) is 16.4. The molecule has 114 valence electrons. The monoisotopic (exact) mass is 375 g/mol. The van der Waals surface area contributed by atoms with Gasteiger partial charge in [0.2, 0.25) is 0 Å². The fourth-order valence-electron chi connectivity index (χ4n) is 2.06. The summed E-state index contributed by atoms with van der Waals surface area (Å²) in [5, 5.41) is 3.31. The lowest BCUT2D eigenvalue weighted by atomic mass is 10.1. The van der Waals surface area contributed by atoms with Crippen molar-refractivity contribution < 1.29 is 13.2 Å². The summed E-state index contributed by atoms with van der Waals surface area (Å²) in [5.41, 5.74) is 3.34. The standard InChI is InChI=1S/C15H16BrF2NOS/c1-9-5-10(2)14(13(16)6-9)19-7-11-3-4-12(20-11)8-21-15(17)18/h3-6,15,19H,7-8H2,1-2H3. The summed E-state index contributed by atoms with van der Waals surface area (Å²) in [6.45, 7) is 4.59. The van der Waals surface area contributed by atoms with E-state index in [9.17, 15) is 8.78 Å². The van der Waals surface area contributed by atoms with Gasteiger partial charge in [-0.15, -0.1) is 0 Å². The van der Waals surface area contributed by atoms with E-state index in [4.69, 9.17) is 4.42 Å². The van der Waals surface area contributed by atoms with Crippen molar-refractivity contribution in [3.05, 3.63) is 51.4 Å². The summed E-state index contributed by atoms with van der Waals surface area (Å²) in [6, 6.07) is 7.69. The lowest BCUT2D eigenvalue weighted by Crippen LogP contribution is -2.01. The number of furan rings is 1. The van der Waals surface area contributed by atoms with Gasteiger partial charge in [0.15, 0.2) is 0 Å². The van der Waals surface area contributed by atoms with Crippen molar-refractivity contribution in [1.82, 2.24) is 0 Å². The fourth-order valence-corrected chi connectivity index (χ4v) is 3.31. The molecule has 0 unspecified atom stereocenters. The average molecular weight is 376 g/mol. The van der Waals surface area contributed by atoms with E-state index in [1.54, 1.807) is 6.07 Å². The molecular formula is C15H16BrF2NOS. The molecule has 1 N–H and O–H groups in total. The lowest BCUT2D eigenvalue weighted by molar-refractivity contribution is 0.251. The van der Waals surface area contributed by atoms with Gasteiger partial charge in [-0.25, -0.2) is 0 Å². The minimum Gasteiger partial charge on any atom is -0.463 e. The van der Waals surface area contributed by atoms with Crippen LogP contribution in [0, 0.1) is 13.8 Å². The van der Waals surface area contributed by atoms with Crippen molar-refractivity contribution in [1.29, 1.82) is 0 Å². The SMILES string of the molecule is Cc1cc(C)c(NCc2ccc(CSC(F)F)o2)c(Br)c1. The van der Waals surface area contributed by atoms with E-state index < -0.39 is 5.76 Å². The van der Waals surface area contributed by atoms with E-state index in [1.807, 2.05) is 26.0 Å². The third-order valence-electron chi connectivity index (χ3n) is 2.94. The molecule has 0 saturated carbocycles. The maximum Gasteiger partial charge on any atom is 0.284 e. The Kier molecular flexibility index (Phi) is 5.70. The van der Waals surface area contributed by atoms with E-state index in [-0.39, 0.29) is 5.75 Å². The van der Waals surface area contributed by atoms with Gasteiger partial charge in [0, 0.05) is 4.47 Å². The fraction of sp³-hybridized carbons (Fsp3) is 0.333. The molecule has 0 aliphatic carbocycles. The van der Waals surface area contributed by atoms with Crippen molar-refractivity contribution in [3.63, 3.8) is 0 Å². The Labute approximate surface area is 135 Å². The van der Waals surface area contributed by atoms with Crippen LogP contribution in [0.2, 0.25) is 0 Å². The lowest BCUT2D eigenvalue weighted by Gasteiger charge is -2.11. The number of alkyl halides is 2. The molecule has 6 heteroatoms. The van der Waals surface area contributed by atoms with Crippen LogP contribution in [0.25, 0.3) is 0 Å². The quantitative estimate of drug-likeness (QED) is 0.697. The number of hydrogen-bond acceptors (Lipinski definition) is 3. The predicted molar refractivity (Wildman–Crippen MR) is 86.9 cm³/mol. The maximum atomic E-state index is 12.1. The number of hydrogen-bond donors (Lipinski definition) is 1. The Morgan fingerprint density at radius 3 is 2.62 bits per heavy atom. The number of aryl methyl sites for hydroxylation is 2. The molecule has 2 aromatic rings. The summed E-state index contributed by atoms with van der Waals surface area (Å²) < 4.78 is 30.8. The maximum absolute atomic E-state index is 12.1. The molecule has 0 amide bonds. The zero-order chi connectivity index (χ0) is 15.4. The minimum atomic E-state index is -2.37. The molecule has 0 fully saturated rings. The van der Waals surface area contributed by atoms with Gasteiger partial charge in [-0.3, -0.25) is 0 Å². The highest BCUT2D eigenvalue weighted by molar-refractivity contribution is 9.10. The van der Waals surface area contributed by atoms with Gasteiger partial charge < -0.3 is 9.73 Å². The third-order valence-corrected chi connectivity index (χ3v) is 4.27. The van der Waals surface area contributed by atoms with Gasteiger partial charge in [0.1, 0.15) is 11.5 Å².